The number of nitrogens with zero attached hydrogens (tertiary/aromatic N) is 3. The molecule has 1 aromatic heterocycles. The topological polar surface area (TPSA) is 92.6 Å². The number of aromatic nitrogens is 2. The highest BCUT2D eigenvalue weighted by atomic mass is 16.5. The van der Waals surface area contributed by atoms with E-state index in [1.54, 1.807) is 12.0 Å². The summed E-state index contributed by atoms with van der Waals surface area (Å²) in [4.78, 5) is 33.6. The first-order chi connectivity index (χ1) is 12.9. The Morgan fingerprint density at radius 2 is 2.11 bits per heavy atom. The van der Waals surface area contributed by atoms with E-state index in [1.165, 1.54) is 6.20 Å². The average molecular weight is 367 g/mol. The number of carbonyl (C=O) groups is 2. The normalized spacial score (nSPS) is 15.5. The molecule has 1 atom stereocenters. The van der Waals surface area contributed by atoms with E-state index in [1.807, 2.05) is 39.2 Å². The number of ether oxygens (including phenoxy) is 1. The number of anilines is 1. The van der Waals surface area contributed by atoms with Crippen molar-refractivity contribution in [1.82, 2.24) is 9.97 Å². The summed E-state index contributed by atoms with van der Waals surface area (Å²) < 4.78 is 5.31. The van der Waals surface area contributed by atoms with Crippen molar-refractivity contribution in [2.24, 2.45) is 0 Å². The van der Waals surface area contributed by atoms with E-state index in [0.717, 1.165) is 28.6 Å². The monoisotopic (exact) mass is 367 g/mol. The third-order valence-corrected chi connectivity index (χ3v) is 4.77. The van der Waals surface area contributed by atoms with Crippen molar-refractivity contribution in [3.05, 3.63) is 52.4 Å². The predicted molar refractivity (Wildman–Crippen MR) is 101 cm³/mol. The fourth-order valence-corrected chi connectivity index (χ4v) is 3.47. The second-order valence-corrected chi connectivity index (χ2v) is 6.64. The molecular weight excluding hydrogens is 346 g/mol. The largest absolute Gasteiger partial charge is 0.497 e. The summed E-state index contributed by atoms with van der Waals surface area (Å²) in [6, 6.07) is 5.58. The Balaban J connectivity index is 2.25. The molecular formula is C20H21N3O4. The van der Waals surface area contributed by atoms with Gasteiger partial charge in [0.05, 0.1) is 24.8 Å². The highest BCUT2D eigenvalue weighted by Gasteiger charge is 2.34. The van der Waals surface area contributed by atoms with Crippen molar-refractivity contribution in [2.75, 3.05) is 26.1 Å². The van der Waals surface area contributed by atoms with Gasteiger partial charge < -0.3 is 14.7 Å². The predicted octanol–water partition coefficient (Wildman–Crippen LogP) is 2.76. The van der Waals surface area contributed by atoms with Gasteiger partial charge in [-0.3, -0.25) is 9.59 Å². The Labute approximate surface area is 157 Å². The smallest absolute Gasteiger partial charge is 0.307 e. The molecule has 7 heteroatoms. The Kier molecular flexibility index (Phi) is 4.94. The van der Waals surface area contributed by atoms with E-state index in [4.69, 9.17) is 4.74 Å². The van der Waals surface area contributed by atoms with E-state index < -0.39 is 5.97 Å². The van der Waals surface area contributed by atoms with Crippen molar-refractivity contribution >= 4 is 23.8 Å². The molecule has 3 rings (SSSR count). The zero-order valence-electron chi connectivity index (χ0n) is 15.7. The molecule has 1 aliphatic rings. The molecule has 0 fully saturated rings. The van der Waals surface area contributed by atoms with Gasteiger partial charge in [0.2, 0.25) is 5.95 Å². The van der Waals surface area contributed by atoms with Gasteiger partial charge in [-0.05, 0) is 35.8 Å². The Morgan fingerprint density at radius 1 is 1.37 bits per heavy atom. The zero-order chi connectivity index (χ0) is 19.7. The standard InChI is InChI=1S/C20H21N3O4/c1-11-15(8-17(25)26)16-7-13(27-4)5-6-14(16)18(11)19-12(10-24)9-21-20(22-19)23(2)3/h5-7,9-10,18H,8H2,1-4H3,(H,25,26). The van der Waals surface area contributed by atoms with Crippen LogP contribution in [0, 0.1) is 0 Å². The number of aldehydes is 1. The summed E-state index contributed by atoms with van der Waals surface area (Å²) in [5, 5.41) is 9.36. The number of carboxylic acid groups (broad SMARTS) is 1. The first-order valence-electron chi connectivity index (χ1n) is 8.46. The minimum Gasteiger partial charge on any atom is -0.497 e. The van der Waals surface area contributed by atoms with E-state index in [9.17, 15) is 14.7 Å². The summed E-state index contributed by atoms with van der Waals surface area (Å²) in [5.41, 5.74) is 4.30. The van der Waals surface area contributed by atoms with E-state index in [0.29, 0.717) is 23.0 Å². The van der Waals surface area contributed by atoms with Crippen LogP contribution >= 0.6 is 0 Å². The molecule has 1 aliphatic carbocycles. The maximum Gasteiger partial charge on any atom is 0.307 e. The van der Waals surface area contributed by atoms with Crippen molar-refractivity contribution in [3.8, 4) is 5.75 Å². The molecule has 0 saturated carbocycles. The molecule has 0 saturated heterocycles. The van der Waals surface area contributed by atoms with Gasteiger partial charge in [0.1, 0.15) is 5.75 Å². The second-order valence-electron chi connectivity index (χ2n) is 6.64. The van der Waals surface area contributed by atoms with E-state index >= 15 is 0 Å². The van der Waals surface area contributed by atoms with Gasteiger partial charge in [-0.15, -0.1) is 0 Å². The zero-order valence-corrected chi connectivity index (χ0v) is 15.7. The molecule has 27 heavy (non-hydrogen) atoms. The van der Waals surface area contributed by atoms with Crippen molar-refractivity contribution in [1.29, 1.82) is 0 Å². The quantitative estimate of drug-likeness (QED) is 0.785. The number of allylic oxidation sites excluding steroid dienone is 1. The molecule has 2 aromatic rings. The highest BCUT2D eigenvalue weighted by Crippen LogP contribution is 2.47. The average Bonchev–Trinajstić information content (AvgIpc) is 2.91. The summed E-state index contributed by atoms with van der Waals surface area (Å²) in [6.07, 6.45) is 2.14. The van der Waals surface area contributed by atoms with Crippen LogP contribution in [0.15, 0.2) is 30.0 Å². The van der Waals surface area contributed by atoms with Gasteiger partial charge in [-0.2, -0.15) is 0 Å². The number of carboxylic acids is 1. The highest BCUT2D eigenvalue weighted by molar-refractivity contribution is 5.91. The molecule has 7 nitrogen and oxygen atoms in total. The maximum atomic E-state index is 11.6. The molecule has 0 radical (unpaired) electrons. The number of methoxy groups -OCH3 is 1. The van der Waals surface area contributed by atoms with Crippen LogP contribution in [0.3, 0.4) is 0 Å². The van der Waals surface area contributed by atoms with Crippen molar-refractivity contribution in [2.45, 2.75) is 19.3 Å². The first-order valence-corrected chi connectivity index (χ1v) is 8.46. The Bertz CT molecular complexity index is 950. The molecule has 0 amide bonds. The van der Waals surface area contributed by atoms with E-state index in [2.05, 4.69) is 9.97 Å². The van der Waals surface area contributed by atoms with Crippen LogP contribution in [0.2, 0.25) is 0 Å². The lowest BCUT2D eigenvalue weighted by atomic mass is 9.90. The van der Waals surface area contributed by atoms with Crippen LogP contribution in [0.25, 0.3) is 5.57 Å². The third kappa shape index (κ3) is 3.28. The summed E-state index contributed by atoms with van der Waals surface area (Å²) >= 11 is 0. The molecule has 1 heterocycles. The number of fused-ring (bicyclic) bond motifs is 1. The number of benzene rings is 1. The van der Waals surface area contributed by atoms with Crippen LogP contribution in [0.4, 0.5) is 5.95 Å². The van der Waals surface area contributed by atoms with Gasteiger partial charge in [-0.1, -0.05) is 11.6 Å². The second kappa shape index (κ2) is 7.19. The molecule has 0 spiro atoms. The fourth-order valence-electron chi connectivity index (χ4n) is 3.47. The van der Waals surface area contributed by atoms with Crippen LogP contribution < -0.4 is 9.64 Å². The SMILES string of the molecule is COc1ccc2c(c1)C(CC(=O)O)=C(C)C2c1nc(N(C)C)ncc1C=O. The van der Waals surface area contributed by atoms with Gasteiger partial charge in [0.15, 0.2) is 6.29 Å². The molecule has 140 valence electrons. The lowest BCUT2D eigenvalue weighted by molar-refractivity contribution is -0.135. The molecule has 1 N–H and O–H groups in total. The molecule has 0 aliphatic heterocycles. The van der Waals surface area contributed by atoms with Gasteiger partial charge in [-0.25, -0.2) is 9.97 Å². The van der Waals surface area contributed by atoms with Gasteiger partial charge in [0.25, 0.3) is 0 Å². The van der Waals surface area contributed by atoms with Crippen molar-refractivity contribution < 1.29 is 19.4 Å². The number of hydrogen-bond donors (Lipinski definition) is 1. The van der Waals surface area contributed by atoms with Gasteiger partial charge >= 0.3 is 5.97 Å². The number of carbonyl (C=O) groups excluding carboxylic acids is 1. The number of hydrogen-bond acceptors (Lipinski definition) is 6. The fraction of sp³-hybridized carbons (Fsp3) is 0.300. The summed E-state index contributed by atoms with van der Waals surface area (Å²) in [7, 11) is 5.22. The molecule has 0 bridgehead atoms. The van der Waals surface area contributed by atoms with Crippen LogP contribution in [-0.4, -0.2) is 48.5 Å². The minimum absolute atomic E-state index is 0.107. The maximum absolute atomic E-state index is 11.6. The molecule has 1 unspecified atom stereocenters. The van der Waals surface area contributed by atoms with Crippen LogP contribution in [-0.2, 0) is 4.79 Å². The Morgan fingerprint density at radius 3 is 2.70 bits per heavy atom. The van der Waals surface area contributed by atoms with Crippen LogP contribution in [0.5, 0.6) is 5.75 Å². The summed E-state index contributed by atoms with van der Waals surface area (Å²) in [5.74, 6) is -0.0734. The number of aliphatic carboxylic acids is 1. The lowest BCUT2D eigenvalue weighted by Crippen LogP contribution is -2.16. The lowest BCUT2D eigenvalue weighted by Gasteiger charge is -2.18. The third-order valence-electron chi connectivity index (χ3n) is 4.77. The molecule has 1 aromatic carbocycles. The van der Waals surface area contributed by atoms with Crippen LogP contribution in [0.1, 0.15) is 46.4 Å². The van der Waals surface area contributed by atoms with E-state index in [-0.39, 0.29) is 12.3 Å². The number of rotatable bonds is 6. The summed E-state index contributed by atoms with van der Waals surface area (Å²) in [6.45, 7) is 1.89. The minimum atomic E-state index is -0.911. The van der Waals surface area contributed by atoms with Gasteiger partial charge in [0, 0.05) is 26.2 Å². The first kappa shape index (κ1) is 18.6. The Hall–Kier alpha value is -3.22. The van der Waals surface area contributed by atoms with Crippen molar-refractivity contribution in [3.63, 3.8) is 0 Å².